The van der Waals surface area contributed by atoms with Crippen LogP contribution in [0.15, 0.2) is 0 Å². The Bertz CT molecular complexity index is 240. The summed E-state index contributed by atoms with van der Waals surface area (Å²) in [4.78, 5) is 0. The third-order valence-electron chi connectivity index (χ3n) is 3.89. The molecule has 3 unspecified atom stereocenters. The molecule has 1 aliphatic rings. The average molecular weight is 259 g/mol. The molecule has 1 rings (SSSR count). The van der Waals surface area contributed by atoms with Gasteiger partial charge in [-0.05, 0) is 43.8 Å². The predicted octanol–water partition coefficient (Wildman–Crippen LogP) is 2.90. The van der Waals surface area contributed by atoms with Crippen LogP contribution in [-0.2, 0) is 0 Å². The van der Waals surface area contributed by atoms with Crippen molar-refractivity contribution in [1.82, 2.24) is 5.32 Å². The molecule has 0 aromatic heterocycles. The first-order valence-electron chi connectivity index (χ1n) is 6.70. The summed E-state index contributed by atoms with van der Waals surface area (Å²) in [5.74, 6) is 1.51. The third-order valence-corrected chi connectivity index (χ3v) is 4.80. The minimum Gasteiger partial charge on any atom is -0.388 e. The fraction of sp³-hybridized carbons (Fsp3) is 1.00. The number of aliphatic hydroxyl groups is 1. The SMILES string of the molecule is CSCC(C)(O)CNC1CCC(C)(C)CC1C. The monoisotopic (exact) mass is 259 g/mol. The van der Waals surface area contributed by atoms with Gasteiger partial charge in [-0.1, -0.05) is 20.8 Å². The number of nitrogens with one attached hydrogen (secondary N) is 1. The van der Waals surface area contributed by atoms with E-state index >= 15 is 0 Å². The van der Waals surface area contributed by atoms with Crippen LogP contribution in [0, 0.1) is 11.3 Å². The molecule has 3 atom stereocenters. The van der Waals surface area contributed by atoms with E-state index in [1.54, 1.807) is 11.8 Å². The van der Waals surface area contributed by atoms with Crippen molar-refractivity contribution in [2.75, 3.05) is 18.6 Å². The van der Waals surface area contributed by atoms with E-state index < -0.39 is 5.60 Å². The Morgan fingerprint density at radius 2 is 2.12 bits per heavy atom. The molecule has 0 aromatic rings. The van der Waals surface area contributed by atoms with Gasteiger partial charge in [0.05, 0.1) is 5.60 Å². The molecule has 0 bridgehead atoms. The van der Waals surface area contributed by atoms with E-state index in [0.29, 0.717) is 23.9 Å². The van der Waals surface area contributed by atoms with Crippen LogP contribution in [0.1, 0.15) is 47.0 Å². The summed E-state index contributed by atoms with van der Waals surface area (Å²) in [6.45, 7) is 9.70. The van der Waals surface area contributed by atoms with Crippen LogP contribution < -0.4 is 5.32 Å². The number of hydrogen-bond acceptors (Lipinski definition) is 3. The van der Waals surface area contributed by atoms with Crippen LogP contribution in [0.5, 0.6) is 0 Å². The highest BCUT2D eigenvalue weighted by molar-refractivity contribution is 7.98. The van der Waals surface area contributed by atoms with Crippen molar-refractivity contribution in [3.63, 3.8) is 0 Å². The average Bonchev–Trinajstić information content (AvgIpc) is 2.14. The zero-order valence-corrected chi connectivity index (χ0v) is 12.9. The van der Waals surface area contributed by atoms with E-state index in [2.05, 4.69) is 26.1 Å². The van der Waals surface area contributed by atoms with E-state index in [9.17, 15) is 5.11 Å². The summed E-state index contributed by atoms with van der Waals surface area (Å²) in [6, 6.07) is 0.580. The topological polar surface area (TPSA) is 32.3 Å². The zero-order valence-electron chi connectivity index (χ0n) is 12.0. The van der Waals surface area contributed by atoms with Crippen molar-refractivity contribution in [2.45, 2.75) is 58.6 Å². The lowest BCUT2D eigenvalue weighted by molar-refractivity contribution is 0.0686. The van der Waals surface area contributed by atoms with Gasteiger partial charge in [0.15, 0.2) is 0 Å². The first-order chi connectivity index (χ1) is 7.76. The number of rotatable bonds is 5. The lowest BCUT2D eigenvalue weighted by Gasteiger charge is -2.40. The molecule has 0 spiro atoms. The Labute approximate surface area is 111 Å². The van der Waals surface area contributed by atoms with Gasteiger partial charge in [0.2, 0.25) is 0 Å². The normalized spacial score (nSPS) is 32.1. The smallest absolute Gasteiger partial charge is 0.0833 e. The van der Waals surface area contributed by atoms with Gasteiger partial charge >= 0.3 is 0 Å². The van der Waals surface area contributed by atoms with Crippen molar-refractivity contribution in [3.05, 3.63) is 0 Å². The molecule has 1 fully saturated rings. The third kappa shape index (κ3) is 5.19. The van der Waals surface area contributed by atoms with Crippen molar-refractivity contribution in [3.8, 4) is 0 Å². The van der Waals surface area contributed by atoms with Crippen molar-refractivity contribution < 1.29 is 5.11 Å². The van der Waals surface area contributed by atoms with Crippen LogP contribution >= 0.6 is 11.8 Å². The maximum Gasteiger partial charge on any atom is 0.0833 e. The molecule has 102 valence electrons. The molecule has 2 nitrogen and oxygen atoms in total. The molecule has 3 heteroatoms. The highest BCUT2D eigenvalue weighted by Gasteiger charge is 2.33. The van der Waals surface area contributed by atoms with Gasteiger partial charge in [0.25, 0.3) is 0 Å². The van der Waals surface area contributed by atoms with Crippen molar-refractivity contribution in [2.24, 2.45) is 11.3 Å². The molecular formula is C14H29NOS. The summed E-state index contributed by atoms with van der Waals surface area (Å²) >= 11 is 1.71. The number of thioether (sulfide) groups is 1. The first kappa shape index (κ1) is 15.3. The molecule has 0 heterocycles. The minimum atomic E-state index is -0.577. The van der Waals surface area contributed by atoms with E-state index in [0.717, 1.165) is 5.75 Å². The van der Waals surface area contributed by atoms with Gasteiger partial charge in [0.1, 0.15) is 0 Å². The molecule has 1 saturated carbocycles. The van der Waals surface area contributed by atoms with E-state index in [1.165, 1.54) is 19.3 Å². The van der Waals surface area contributed by atoms with Crippen molar-refractivity contribution in [1.29, 1.82) is 0 Å². The summed E-state index contributed by atoms with van der Waals surface area (Å²) in [5.41, 5.74) is -0.0779. The fourth-order valence-corrected chi connectivity index (χ4v) is 3.69. The molecule has 0 radical (unpaired) electrons. The molecule has 1 aliphatic carbocycles. The quantitative estimate of drug-likeness (QED) is 0.796. The minimum absolute atomic E-state index is 0.499. The van der Waals surface area contributed by atoms with Crippen LogP contribution in [0.2, 0.25) is 0 Å². The van der Waals surface area contributed by atoms with E-state index in [1.807, 2.05) is 13.2 Å². The second-order valence-electron chi connectivity index (χ2n) is 6.80. The predicted molar refractivity (Wildman–Crippen MR) is 77.6 cm³/mol. The molecule has 17 heavy (non-hydrogen) atoms. The Kier molecular flexibility index (Phi) is 5.36. The largest absolute Gasteiger partial charge is 0.388 e. The molecule has 2 N–H and O–H groups in total. The second kappa shape index (κ2) is 5.94. The Hall–Kier alpha value is 0.270. The molecule has 0 aromatic carbocycles. The van der Waals surface area contributed by atoms with Crippen molar-refractivity contribution >= 4 is 11.8 Å². The van der Waals surface area contributed by atoms with Gasteiger partial charge in [-0.25, -0.2) is 0 Å². The van der Waals surface area contributed by atoms with Gasteiger partial charge in [-0.3, -0.25) is 0 Å². The van der Waals surface area contributed by atoms with Crippen LogP contribution in [-0.4, -0.2) is 35.3 Å². The van der Waals surface area contributed by atoms with E-state index in [4.69, 9.17) is 0 Å². The summed E-state index contributed by atoms with van der Waals surface area (Å²) in [7, 11) is 0. The molecule has 0 saturated heterocycles. The maximum atomic E-state index is 10.2. The Morgan fingerprint density at radius 1 is 1.47 bits per heavy atom. The number of hydrogen-bond donors (Lipinski definition) is 2. The fourth-order valence-electron chi connectivity index (χ4n) is 2.96. The standard InChI is InChI=1S/C14H29NOS/c1-11-8-13(2,3)7-6-12(11)15-9-14(4,16)10-17-5/h11-12,15-16H,6-10H2,1-5H3. The van der Waals surface area contributed by atoms with Gasteiger partial charge in [-0.2, -0.15) is 11.8 Å². The maximum absolute atomic E-state index is 10.2. The summed E-state index contributed by atoms with van der Waals surface area (Å²) in [6.07, 6.45) is 5.86. The van der Waals surface area contributed by atoms with Gasteiger partial charge in [0, 0.05) is 18.3 Å². The van der Waals surface area contributed by atoms with Crippen LogP contribution in [0.3, 0.4) is 0 Å². The molecular weight excluding hydrogens is 230 g/mol. The summed E-state index contributed by atoms with van der Waals surface area (Å²) in [5, 5.41) is 13.7. The lowest BCUT2D eigenvalue weighted by Crippen LogP contribution is -2.48. The molecule has 0 amide bonds. The lowest BCUT2D eigenvalue weighted by atomic mass is 9.70. The molecule has 0 aliphatic heterocycles. The van der Waals surface area contributed by atoms with Gasteiger partial charge < -0.3 is 10.4 Å². The highest BCUT2D eigenvalue weighted by atomic mass is 32.2. The second-order valence-corrected chi connectivity index (χ2v) is 7.67. The van der Waals surface area contributed by atoms with Gasteiger partial charge in [-0.15, -0.1) is 0 Å². The van der Waals surface area contributed by atoms with Crippen LogP contribution in [0.25, 0.3) is 0 Å². The Morgan fingerprint density at radius 3 is 2.65 bits per heavy atom. The highest BCUT2D eigenvalue weighted by Crippen LogP contribution is 2.38. The first-order valence-corrected chi connectivity index (χ1v) is 8.10. The Balaban J connectivity index is 2.38. The summed E-state index contributed by atoms with van der Waals surface area (Å²) < 4.78 is 0. The van der Waals surface area contributed by atoms with Crippen LogP contribution in [0.4, 0.5) is 0 Å². The zero-order chi connectivity index (χ0) is 13.1. The van der Waals surface area contributed by atoms with E-state index in [-0.39, 0.29) is 0 Å².